The first kappa shape index (κ1) is 18.2. The van der Waals surface area contributed by atoms with Crippen LogP contribution in [0.15, 0.2) is 63.8 Å². The van der Waals surface area contributed by atoms with E-state index in [9.17, 15) is 20.2 Å². The molecule has 0 bridgehead atoms. The maximum Gasteiger partial charge on any atom is 0.278 e. The van der Waals surface area contributed by atoms with Crippen LogP contribution in [0.1, 0.15) is 11.1 Å². The molecule has 0 atom stereocenters. The predicted octanol–water partition coefficient (Wildman–Crippen LogP) is 1.78. The van der Waals surface area contributed by atoms with Crippen molar-refractivity contribution in [1.82, 2.24) is 5.43 Å². The number of nitro benzene ring substituents is 2. The number of hydrogen-bond acceptors (Lipinski definition) is 7. The Morgan fingerprint density at radius 3 is 1.96 bits per heavy atom. The molecule has 0 aromatic heterocycles. The molecule has 11 heteroatoms. The molecule has 26 heavy (non-hydrogen) atoms. The Hall–Kier alpha value is -4.15. The maximum atomic E-state index is 10.9. The SMILES string of the molecule is NC(=NN=Cc1ccccc1[N+](=O)[O-])NN=Cc1ccccc1[N+](=O)[O-]. The molecule has 0 saturated carbocycles. The van der Waals surface area contributed by atoms with Gasteiger partial charge in [-0.25, -0.2) is 5.43 Å². The van der Waals surface area contributed by atoms with Crippen LogP contribution in [0.4, 0.5) is 11.4 Å². The minimum atomic E-state index is -0.538. The number of nitrogens with zero attached hydrogens (tertiary/aromatic N) is 5. The van der Waals surface area contributed by atoms with Gasteiger partial charge in [0.2, 0.25) is 5.96 Å². The quantitative estimate of drug-likeness (QED) is 0.347. The van der Waals surface area contributed by atoms with Gasteiger partial charge in [-0.05, 0) is 12.1 Å². The second-order valence-corrected chi connectivity index (χ2v) is 4.73. The van der Waals surface area contributed by atoms with E-state index in [4.69, 9.17) is 5.73 Å². The molecule has 2 aromatic carbocycles. The van der Waals surface area contributed by atoms with E-state index in [1.54, 1.807) is 12.1 Å². The zero-order chi connectivity index (χ0) is 18.9. The van der Waals surface area contributed by atoms with Crippen LogP contribution in [-0.4, -0.2) is 28.2 Å². The van der Waals surface area contributed by atoms with Gasteiger partial charge < -0.3 is 5.73 Å². The van der Waals surface area contributed by atoms with Crippen molar-refractivity contribution in [3.8, 4) is 0 Å². The molecule has 11 nitrogen and oxygen atoms in total. The van der Waals surface area contributed by atoms with E-state index in [1.807, 2.05) is 0 Å². The number of nitrogens with one attached hydrogen (secondary N) is 1. The summed E-state index contributed by atoms with van der Waals surface area (Å²) >= 11 is 0. The summed E-state index contributed by atoms with van der Waals surface area (Å²) in [5.41, 5.74) is 8.20. The van der Waals surface area contributed by atoms with E-state index in [-0.39, 0.29) is 28.5 Å². The Morgan fingerprint density at radius 1 is 0.923 bits per heavy atom. The number of hydrogen-bond donors (Lipinski definition) is 2. The van der Waals surface area contributed by atoms with Crippen molar-refractivity contribution in [1.29, 1.82) is 0 Å². The van der Waals surface area contributed by atoms with Crippen molar-refractivity contribution >= 4 is 29.8 Å². The van der Waals surface area contributed by atoms with Crippen LogP contribution >= 0.6 is 0 Å². The minimum absolute atomic E-state index is 0.108. The molecule has 2 rings (SSSR count). The second-order valence-electron chi connectivity index (χ2n) is 4.73. The third kappa shape index (κ3) is 4.92. The Labute approximate surface area is 146 Å². The third-order valence-electron chi connectivity index (χ3n) is 3.01. The summed E-state index contributed by atoms with van der Waals surface area (Å²) in [6.07, 6.45) is 2.39. The van der Waals surface area contributed by atoms with Gasteiger partial charge in [-0.3, -0.25) is 20.2 Å². The lowest BCUT2D eigenvalue weighted by molar-refractivity contribution is -0.385. The van der Waals surface area contributed by atoms with Crippen molar-refractivity contribution in [3.05, 3.63) is 79.9 Å². The van der Waals surface area contributed by atoms with E-state index in [0.29, 0.717) is 0 Å². The Kier molecular flexibility index (Phi) is 6.04. The van der Waals surface area contributed by atoms with Crippen LogP contribution in [0.3, 0.4) is 0 Å². The summed E-state index contributed by atoms with van der Waals surface area (Å²) in [5.74, 6) is -0.199. The molecule has 132 valence electrons. The zero-order valence-corrected chi connectivity index (χ0v) is 13.2. The molecule has 0 fully saturated rings. The van der Waals surface area contributed by atoms with Gasteiger partial charge in [0, 0.05) is 12.1 Å². The zero-order valence-electron chi connectivity index (χ0n) is 13.2. The van der Waals surface area contributed by atoms with Crippen molar-refractivity contribution in [3.63, 3.8) is 0 Å². The highest BCUT2D eigenvalue weighted by molar-refractivity contribution is 5.88. The first-order valence-corrected chi connectivity index (χ1v) is 7.11. The minimum Gasteiger partial charge on any atom is -0.367 e. The van der Waals surface area contributed by atoms with Crippen molar-refractivity contribution < 1.29 is 9.85 Å². The summed E-state index contributed by atoms with van der Waals surface area (Å²) in [4.78, 5) is 20.7. The van der Waals surface area contributed by atoms with Crippen LogP contribution in [0.2, 0.25) is 0 Å². The van der Waals surface area contributed by atoms with Crippen molar-refractivity contribution in [2.24, 2.45) is 21.0 Å². The molecule has 0 radical (unpaired) electrons. The van der Waals surface area contributed by atoms with Crippen LogP contribution in [0.25, 0.3) is 0 Å². The third-order valence-corrected chi connectivity index (χ3v) is 3.01. The standard InChI is InChI=1S/C15H13N7O4/c16-15(19-17-9-11-5-1-3-7-13(11)21(23)24)20-18-10-12-6-2-4-8-14(12)22(25)26/h1-10H,(H3,16,19,20). The number of nitrogens with two attached hydrogens (primary N) is 1. The van der Waals surface area contributed by atoms with E-state index in [0.717, 1.165) is 0 Å². The first-order chi connectivity index (χ1) is 12.5. The average molecular weight is 355 g/mol. The Morgan fingerprint density at radius 2 is 1.42 bits per heavy atom. The molecule has 0 spiro atoms. The van der Waals surface area contributed by atoms with Crippen LogP contribution < -0.4 is 11.2 Å². The number of nitro groups is 2. The van der Waals surface area contributed by atoms with E-state index in [2.05, 4.69) is 20.7 Å². The molecule has 0 saturated heterocycles. The van der Waals surface area contributed by atoms with Gasteiger partial charge in [-0.2, -0.15) is 10.2 Å². The van der Waals surface area contributed by atoms with Crippen LogP contribution in [-0.2, 0) is 0 Å². The molecular formula is C15H13N7O4. The number of rotatable bonds is 6. The van der Waals surface area contributed by atoms with Gasteiger partial charge in [-0.1, -0.05) is 24.3 Å². The normalized spacial score (nSPS) is 11.8. The first-order valence-electron chi connectivity index (χ1n) is 7.11. The summed E-state index contributed by atoms with van der Waals surface area (Å²) in [5, 5.41) is 32.7. The van der Waals surface area contributed by atoms with Gasteiger partial charge in [-0.15, -0.1) is 5.10 Å². The molecule has 0 heterocycles. The number of benzene rings is 2. The molecular weight excluding hydrogens is 342 g/mol. The van der Waals surface area contributed by atoms with Crippen LogP contribution in [0.5, 0.6) is 0 Å². The summed E-state index contributed by atoms with van der Waals surface area (Å²) in [6.45, 7) is 0. The number of guanidine groups is 1. The fourth-order valence-electron chi connectivity index (χ4n) is 1.87. The molecule has 2 aromatic rings. The summed E-state index contributed by atoms with van der Waals surface area (Å²) in [7, 11) is 0. The fourth-order valence-corrected chi connectivity index (χ4v) is 1.87. The van der Waals surface area contributed by atoms with Gasteiger partial charge in [0.15, 0.2) is 0 Å². The largest absolute Gasteiger partial charge is 0.367 e. The smallest absolute Gasteiger partial charge is 0.278 e. The topological polar surface area (TPSA) is 161 Å². The molecule has 0 unspecified atom stereocenters. The monoisotopic (exact) mass is 355 g/mol. The van der Waals surface area contributed by atoms with Crippen LogP contribution in [0, 0.1) is 20.2 Å². The lowest BCUT2D eigenvalue weighted by Crippen LogP contribution is -2.26. The molecule has 0 aliphatic carbocycles. The Bertz CT molecular complexity index is 908. The predicted molar refractivity (Wildman–Crippen MR) is 96.1 cm³/mol. The summed E-state index contributed by atoms with van der Waals surface area (Å²) in [6, 6.07) is 12.0. The molecule has 0 aliphatic heterocycles. The highest BCUT2D eigenvalue weighted by atomic mass is 16.6. The second kappa shape index (κ2) is 8.63. The number of hydrazone groups is 1. The molecule has 0 aliphatic rings. The van der Waals surface area contributed by atoms with Gasteiger partial charge in [0.1, 0.15) is 0 Å². The van der Waals surface area contributed by atoms with E-state index in [1.165, 1.54) is 48.8 Å². The van der Waals surface area contributed by atoms with E-state index < -0.39 is 9.85 Å². The highest BCUT2D eigenvalue weighted by Gasteiger charge is 2.10. The van der Waals surface area contributed by atoms with Gasteiger partial charge in [0.25, 0.3) is 11.4 Å². The van der Waals surface area contributed by atoms with Gasteiger partial charge in [0.05, 0.1) is 33.4 Å². The van der Waals surface area contributed by atoms with E-state index >= 15 is 0 Å². The number of para-hydroxylation sites is 2. The lowest BCUT2D eigenvalue weighted by atomic mass is 10.2. The summed E-state index contributed by atoms with van der Waals surface area (Å²) < 4.78 is 0. The fraction of sp³-hybridized carbons (Fsp3) is 0. The Balaban J connectivity index is 2.04. The molecule has 3 N–H and O–H groups in total. The van der Waals surface area contributed by atoms with Crippen molar-refractivity contribution in [2.45, 2.75) is 0 Å². The van der Waals surface area contributed by atoms with Gasteiger partial charge >= 0.3 is 0 Å². The van der Waals surface area contributed by atoms with Crippen molar-refractivity contribution in [2.75, 3.05) is 0 Å². The highest BCUT2D eigenvalue weighted by Crippen LogP contribution is 2.15. The maximum absolute atomic E-state index is 10.9. The lowest BCUT2D eigenvalue weighted by Gasteiger charge is -1.98. The molecule has 0 amide bonds. The average Bonchev–Trinajstić information content (AvgIpc) is 2.62.